The summed E-state index contributed by atoms with van der Waals surface area (Å²) in [4.78, 5) is 10.8. The summed E-state index contributed by atoms with van der Waals surface area (Å²) in [5.74, 6) is -0.876. The third-order valence-corrected chi connectivity index (χ3v) is 2.22. The van der Waals surface area contributed by atoms with Crippen molar-refractivity contribution in [2.45, 2.75) is 25.9 Å². The Hall–Kier alpha value is -1.76. The molecule has 1 aromatic rings. The first-order valence-corrected chi connectivity index (χ1v) is 5.16. The molecule has 0 aliphatic rings. The number of ether oxygens (including phenoxy) is 1. The zero-order valence-electron chi connectivity index (χ0n) is 9.62. The molecule has 0 fully saturated rings. The van der Waals surface area contributed by atoms with Gasteiger partial charge < -0.3 is 15.8 Å². The maximum atomic E-state index is 12.1. The van der Waals surface area contributed by atoms with Crippen LogP contribution in [0.3, 0.4) is 0 Å². The highest BCUT2D eigenvalue weighted by molar-refractivity contribution is 5.79. The van der Waals surface area contributed by atoms with Crippen molar-refractivity contribution >= 4 is 5.91 Å². The highest BCUT2D eigenvalue weighted by Gasteiger charge is 2.31. The van der Waals surface area contributed by atoms with Crippen LogP contribution in [0.4, 0.5) is 13.2 Å². The van der Waals surface area contributed by atoms with E-state index in [4.69, 9.17) is 5.73 Å². The number of nitrogens with one attached hydrogen (secondary N) is 1. The second kappa shape index (κ2) is 5.72. The number of rotatable bonds is 5. The van der Waals surface area contributed by atoms with Crippen molar-refractivity contribution in [1.29, 1.82) is 0 Å². The third-order valence-electron chi connectivity index (χ3n) is 2.22. The summed E-state index contributed by atoms with van der Waals surface area (Å²) in [5, 5.41) is 2.70. The minimum atomic E-state index is -4.74. The van der Waals surface area contributed by atoms with Gasteiger partial charge in [0.2, 0.25) is 5.91 Å². The Morgan fingerprint density at radius 1 is 1.44 bits per heavy atom. The molecule has 0 radical (unpaired) electrons. The number of alkyl halides is 3. The lowest BCUT2D eigenvalue weighted by atomic mass is 10.2. The standard InChI is InChI=1S/C11H13F3N2O2/c1-7(10(15)17)16-6-8-4-2-3-5-9(8)18-11(12,13)14/h2-5,7,16H,6H2,1H3,(H2,15,17). The summed E-state index contributed by atoms with van der Waals surface area (Å²) in [6.07, 6.45) is -4.74. The Morgan fingerprint density at radius 2 is 2.06 bits per heavy atom. The fourth-order valence-electron chi connectivity index (χ4n) is 1.24. The molecule has 4 nitrogen and oxygen atoms in total. The number of nitrogens with two attached hydrogens (primary N) is 1. The van der Waals surface area contributed by atoms with Gasteiger partial charge in [-0.3, -0.25) is 4.79 Å². The van der Waals surface area contributed by atoms with Crippen LogP contribution in [0.25, 0.3) is 0 Å². The lowest BCUT2D eigenvalue weighted by Crippen LogP contribution is -2.38. The van der Waals surface area contributed by atoms with E-state index in [1.54, 1.807) is 6.07 Å². The Morgan fingerprint density at radius 3 is 2.61 bits per heavy atom. The number of benzene rings is 1. The van der Waals surface area contributed by atoms with Gasteiger partial charge in [-0.05, 0) is 13.0 Å². The van der Waals surface area contributed by atoms with E-state index in [0.717, 1.165) is 0 Å². The maximum absolute atomic E-state index is 12.1. The summed E-state index contributed by atoms with van der Waals surface area (Å²) in [7, 11) is 0. The van der Waals surface area contributed by atoms with E-state index in [1.807, 2.05) is 0 Å². The molecule has 1 rings (SSSR count). The van der Waals surface area contributed by atoms with E-state index in [1.165, 1.54) is 25.1 Å². The lowest BCUT2D eigenvalue weighted by Gasteiger charge is -2.15. The van der Waals surface area contributed by atoms with Gasteiger partial charge in [0.1, 0.15) is 5.75 Å². The average molecular weight is 262 g/mol. The smallest absolute Gasteiger partial charge is 0.405 e. The first-order chi connectivity index (χ1) is 8.29. The normalized spacial score (nSPS) is 13.1. The molecule has 7 heteroatoms. The highest BCUT2D eigenvalue weighted by atomic mass is 19.4. The predicted octanol–water partition coefficient (Wildman–Crippen LogP) is 1.55. The SMILES string of the molecule is CC(NCc1ccccc1OC(F)(F)F)C(N)=O. The summed E-state index contributed by atoms with van der Waals surface area (Å²) in [6.45, 7) is 1.58. The molecule has 0 aliphatic heterocycles. The molecule has 0 aromatic heterocycles. The van der Waals surface area contributed by atoms with Crippen molar-refractivity contribution < 1.29 is 22.7 Å². The van der Waals surface area contributed by atoms with E-state index in [-0.39, 0.29) is 12.3 Å². The van der Waals surface area contributed by atoms with Crippen LogP contribution in [0.2, 0.25) is 0 Å². The molecule has 18 heavy (non-hydrogen) atoms. The molecular formula is C11H13F3N2O2. The van der Waals surface area contributed by atoms with Crippen molar-refractivity contribution in [2.75, 3.05) is 0 Å². The molecule has 0 aliphatic carbocycles. The van der Waals surface area contributed by atoms with Gasteiger partial charge in [0.15, 0.2) is 0 Å². The van der Waals surface area contributed by atoms with Crippen LogP contribution in [0.15, 0.2) is 24.3 Å². The third kappa shape index (κ3) is 4.62. The molecule has 1 unspecified atom stereocenters. The van der Waals surface area contributed by atoms with Crippen LogP contribution in [-0.4, -0.2) is 18.3 Å². The van der Waals surface area contributed by atoms with Crippen molar-refractivity contribution in [3.8, 4) is 5.75 Å². The molecular weight excluding hydrogens is 249 g/mol. The molecule has 0 spiro atoms. The fraction of sp³-hybridized carbons (Fsp3) is 0.364. The van der Waals surface area contributed by atoms with Crippen molar-refractivity contribution in [3.63, 3.8) is 0 Å². The average Bonchev–Trinajstić information content (AvgIpc) is 2.25. The first-order valence-electron chi connectivity index (χ1n) is 5.16. The Balaban J connectivity index is 2.73. The lowest BCUT2D eigenvalue weighted by molar-refractivity contribution is -0.274. The molecule has 0 bridgehead atoms. The Bertz CT molecular complexity index is 421. The zero-order chi connectivity index (χ0) is 13.8. The number of carbonyl (C=O) groups excluding carboxylic acids is 1. The van der Waals surface area contributed by atoms with Gasteiger partial charge >= 0.3 is 6.36 Å². The number of halogens is 3. The number of hydrogen-bond donors (Lipinski definition) is 2. The molecule has 0 heterocycles. The van der Waals surface area contributed by atoms with Crippen molar-refractivity contribution in [1.82, 2.24) is 5.32 Å². The summed E-state index contributed by atoms with van der Waals surface area (Å²) >= 11 is 0. The van der Waals surface area contributed by atoms with E-state index in [0.29, 0.717) is 5.56 Å². The van der Waals surface area contributed by atoms with Crippen LogP contribution in [-0.2, 0) is 11.3 Å². The van der Waals surface area contributed by atoms with Gasteiger partial charge in [-0.1, -0.05) is 18.2 Å². The molecule has 0 saturated carbocycles. The Kier molecular flexibility index (Phi) is 4.55. The van der Waals surface area contributed by atoms with Crippen molar-refractivity contribution in [2.24, 2.45) is 5.73 Å². The topological polar surface area (TPSA) is 64.3 Å². The molecule has 3 N–H and O–H groups in total. The van der Waals surface area contributed by atoms with Gasteiger partial charge in [0.25, 0.3) is 0 Å². The van der Waals surface area contributed by atoms with E-state index < -0.39 is 18.3 Å². The summed E-state index contributed by atoms with van der Waals surface area (Å²) < 4.78 is 40.3. The van der Waals surface area contributed by atoms with Gasteiger partial charge in [-0.25, -0.2) is 0 Å². The van der Waals surface area contributed by atoms with Gasteiger partial charge in [0.05, 0.1) is 6.04 Å². The molecule has 1 amide bonds. The zero-order valence-corrected chi connectivity index (χ0v) is 9.62. The van der Waals surface area contributed by atoms with Crippen LogP contribution >= 0.6 is 0 Å². The van der Waals surface area contributed by atoms with E-state index in [2.05, 4.69) is 10.1 Å². The van der Waals surface area contributed by atoms with E-state index >= 15 is 0 Å². The molecule has 1 aromatic carbocycles. The van der Waals surface area contributed by atoms with Crippen molar-refractivity contribution in [3.05, 3.63) is 29.8 Å². The molecule has 1 atom stereocenters. The Labute approximate surface area is 102 Å². The molecule has 100 valence electrons. The minimum Gasteiger partial charge on any atom is -0.405 e. The predicted molar refractivity (Wildman–Crippen MR) is 58.6 cm³/mol. The van der Waals surface area contributed by atoms with Crippen LogP contribution < -0.4 is 15.8 Å². The van der Waals surface area contributed by atoms with E-state index in [9.17, 15) is 18.0 Å². The maximum Gasteiger partial charge on any atom is 0.573 e. The minimum absolute atomic E-state index is 0.0519. The molecule has 0 saturated heterocycles. The number of hydrogen-bond acceptors (Lipinski definition) is 3. The highest BCUT2D eigenvalue weighted by Crippen LogP contribution is 2.26. The monoisotopic (exact) mass is 262 g/mol. The van der Waals surface area contributed by atoms with Gasteiger partial charge in [-0.2, -0.15) is 0 Å². The number of amides is 1. The van der Waals surface area contributed by atoms with Crippen LogP contribution in [0, 0.1) is 0 Å². The quantitative estimate of drug-likeness (QED) is 0.846. The summed E-state index contributed by atoms with van der Waals surface area (Å²) in [6, 6.07) is 5.06. The van der Waals surface area contributed by atoms with Gasteiger partial charge in [-0.15, -0.1) is 13.2 Å². The second-order valence-corrected chi connectivity index (χ2v) is 3.66. The number of para-hydroxylation sites is 1. The number of primary amides is 1. The largest absolute Gasteiger partial charge is 0.573 e. The second-order valence-electron chi connectivity index (χ2n) is 3.66. The fourth-order valence-corrected chi connectivity index (χ4v) is 1.24. The van der Waals surface area contributed by atoms with Crippen LogP contribution in [0.5, 0.6) is 5.75 Å². The van der Waals surface area contributed by atoms with Gasteiger partial charge in [0, 0.05) is 12.1 Å². The number of carbonyl (C=O) groups is 1. The van der Waals surface area contributed by atoms with Crippen LogP contribution in [0.1, 0.15) is 12.5 Å². The summed E-state index contributed by atoms with van der Waals surface area (Å²) in [5.41, 5.74) is 5.32. The first kappa shape index (κ1) is 14.3.